The largest absolute Gasteiger partial charge is 0.330 e. The van der Waals surface area contributed by atoms with Gasteiger partial charge in [0.2, 0.25) is 0 Å². The molecule has 2 heterocycles. The lowest BCUT2D eigenvalue weighted by Crippen LogP contribution is -1.97. The van der Waals surface area contributed by atoms with Crippen LogP contribution in [0.15, 0.2) is 30.6 Å². The molecule has 2 rings (SSSR count). The number of hydrogen-bond donors (Lipinski definition) is 1. The molecule has 3 nitrogen and oxygen atoms in total. The molecule has 16 heavy (non-hydrogen) atoms. The third kappa shape index (κ3) is 2.41. The minimum Gasteiger partial charge on any atom is -0.330 e. The van der Waals surface area contributed by atoms with E-state index in [1.54, 1.807) is 6.20 Å². The van der Waals surface area contributed by atoms with Gasteiger partial charge in [-0.15, -0.1) is 0 Å². The Balaban J connectivity index is 2.11. The zero-order valence-corrected chi connectivity index (χ0v) is 9.19. The molecule has 0 fully saturated rings. The molecule has 0 aliphatic rings. The molecule has 0 amide bonds. The molecule has 0 unspecified atom stereocenters. The van der Waals surface area contributed by atoms with E-state index in [-0.39, 0.29) is 0 Å². The van der Waals surface area contributed by atoms with Crippen LogP contribution >= 0.6 is 0 Å². The summed E-state index contributed by atoms with van der Waals surface area (Å²) in [5, 5.41) is 0. The molecule has 2 aromatic rings. The molecule has 0 aliphatic heterocycles. The minimum absolute atomic E-state index is 0.749. The molecule has 0 atom stereocenters. The van der Waals surface area contributed by atoms with Gasteiger partial charge >= 0.3 is 0 Å². The van der Waals surface area contributed by atoms with Crippen molar-refractivity contribution in [3.8, 4) is 11.8 Å². The quantitative estimate of drug-likeness (QED) is 0.624. The molecule has 0 spiro atoms. The maximum atomic E-state index is 5.42. The average Bonchev–Trinajstić information content (AvgIpc) is 2.77. The molecule has 2 aromatic heterocycles. The average molecular weight is 213 g/mol. The molecule has 0 aliphatic carbocycles. The fourth-order valence-corrected chi connectivity index (χ4v) is 1.56. The van der Waals surface area contributed by atoms with E-state index in [1.165, 1.54) is 0 Å². The first-order chi connectivity index (χ1) is 7.92. The minimum atomic E-state index is 0.749. The normalized spacial score (nSPS) is 10.1. The molecule has 3 heteroatoms. The summed E-state index contributed by atoms with van der Waals surface area (Å²) in [5.41, 5.74) is 7.35. The van der Waals surface area contributed by atoms with Crippen LogP contribution in [0.25, 0.3) is 5.65 Å². The number of unbranched alkanes of at least 4 members (excludes halogenated alkanes) is 2. The van der Waals surface area contributed by atoms with E-state index in [4.69, 9.17) is 5.73 Å². The van der Waals surface area contributed by atoms with Crippen LogP contribution < -0.4 is 5.73 Å². The Labute approximate surface area is 95.3 Å². The number of rotatable bonds is 3. The fourth-order valence-electron chi connectivity index (χ4n) is 1.56. The van der Waals surface area contributed by atoms with Gasteiger partial charge in [-0.1, -0.05) is 12.0 Å². The summed E-state index contributed by atoms with van der Waals surface area (Å²) in [7, 11) is 0. The van der Waals surface area contributed by atoms with Gasteiger partial charge in [0.05, 0.1) is 5.69 Å². The van der Waals surface area contributed by atoms with Gasteiger partial charge < -0.3 is 5.73 Å². The van der Waals surface area contributed by atoms with Gasteiger partial charge in [0.25, 0.3) is 0 Å². The predicted molar refractivity (Wildman–Crippen MR) is 65.0 cm³/mol. The Morgan fingerprint density at radius 3 is 3.12 bits per heavy atom. The standard InChI is InChI=1S/C13H15N3/c14-9-4-2-1-3-6-12-7-5-8-13-15-10-11-16(12)13/h5,7-8,10-11H,1-2,4,9,14H2. The lowest BCUT2D eigenvalue weighted by Gasteiger charge is -1.96. The molecule has 2 N–H and O–H groups in total. The number of fused-ring (bicyclic) bond motifs is 1. The summed E-state index contributed by atoms with van der Waals surface area (Å²) in [6, 6.07) is 5.95. The summed E-state index contributed by atoms with van der Waals surface area (Å²) in [6.07, 6.45) is 6.74. The number of hydrogen-bond acceptors (Lipinski definition) is 2. The van der Waals surface area contributed by atoms with Gasteiger partial charge in [-0.2, -0.15) is 0 Å². The van der Waals surface area contributed by atoms with Gasteiger partial charge in [-0.25, -0.2) is 4.98 Å². The van der Waals surface area contributed by atoms with Crippen molar-refractivity contribution in [2.24, 2.45) is 5.73 Å². The van der Waals surface area contributed by atoms with Gasteiger partial charge in [-0.3, -0.25) is 4.40 Å². The van der Waals surface area contributed by atoms with Crippen LogP contribution in [0.2, 0.25) is 0 Å². The summed E-state index contributed by atoms with van der Waals surface area (Å²) >= 11 is 0. The highest BCUT2D eigenvalue weighted by Crippen LogP contribution is 2.04. The molecule has 82 valence electrons. The second kappa shape index (κ2) is 5.34. The van der Waals surface area contributed by atoms with E-state index in [0.29, 0.717) is 0 Å². The van der Waals surface area contributed by atoms with Gasteiger partial charge in [-0.05, 0) is 37.4 Å². The predicted octanol–water partition coefficient (Wildman–Crippen LogP) is 1.81. The molecule has 0 aromatic carbocycles. The molecular weight excluding hydrogens is 198 g/mol. The Hall–Kier alpha value is -1.79. The lowest BCUT2D eigenvalue weighted by atomic mass is 10.2. The number of nitrogens with two attached hydrogens (primary N) is 1. The van der Waals surface area contributed by atoms with Crippen molar-refractivity contribution in [3.63, 3.8) is 0 Å². The smallest absolute Gasteiger partial charge is 0.137 e. The van der Waals surface area contributed by atoms with E-state index in [0.717, 1.165) is 37.1 Å². The first kappa shape index (κ1) is 10.7. The van der Waals surface area contributed by atoms with Crippen molar-refractivity contribution in [2.75, 3.05) is 6.54 Å². The van der Waals surface area contributed by atoms with Crippen LogP contribution in [0.4, 0.5) is 0 Å². The van der Waals surface area contributed by atoms with Gasteiger partial charge in [0, 0.05) is 18.8 Å². The Kier molecular flexibility index (Phi) is 3.58. The van der Waals surface area contributed by atoms with Gasteiger partial charge in [0.1, 0.15) is 5.65 Å². The maximum absolute atomic E-state index is 5.42. The topological polar surface area (TPSA) is 43.3 Å². The van der Waals surface area contributed by atoms with E-state index < -0.39 is 0 Å². The molecule has 0 bridgehead atoms. The van der Waals surface area contributed by atoms with Crippen LogP contribution in [0.1, 0.15) is 25.0 Å². The van der Waals surface area contributed by atoms with E-state index in [2.05, 4.69) is 16.8 Å². The van der Waals surface area contributed by atoms with E-state index in [9.17, 15) is 0 Å². The van der Waals surface area contributed by atoms with Crippen molar-refractivity contribution in [1.29, 1.82) is 0 Å². The number of pyridine rings is 1. The SMILES string of the molecule is NCCCCC#Cc1cccc2nccn12. The van der Waals surface area contributed by atoms with Crippen molar-refractivity contribution < 1.29 is 0 Å². The highest BCUT2D eigenvalue weighted by molar-refractivity contribution is 5.44. The monoisotopic (exact) mass is 213 g/mol. The highest BCUT2D eigenvalue weighted by Gasteiger charge is 1.95. The van der Waals surface area contributed by atoms with Crippen molar-refractivity contribution in [3.05, 3.63) is 36.3 Å². The molecular formula is C13H15N3. The maximum Gasteiger partial charge on any atom is 0.137 e. The van der Waals surface area contributed by atoms with Crippen molar-refractivity contribution >= 4 is 5.65 Å². The number of nitrogens with zero attached hydrogens (tertiary/aromatic N) is 2. The van der Waals surface area contributed by atoms with Crippen molar-refractivity contribution in [1.82, 2.24) is 9.38 Å². The van der Waals surface area contributed by atoms with Crippen LogP contribution in [0.3, 0.4) is 0 Å². The van der Waals surface area contributed by atoms with E-state index in [1.807, 2.05) is 28.8 Å². The first-order valence-electron chi connectivity index (χ1n) is 5.53. The Morgan fingerprint density at radius 1 is 1.31 bits per heavy atom. The summed E-state index contributed by atoms with van der Waals surface area (Å²) < 4.78 is 2.00. The van der Waals surface area contributed by atoms with Gasteiger partial charge in [0.15, 0.2) is 0 Å². The summed E-state index contributed by atoms with van der Waals surface area (Å²) in [5.74, 6) is 6.33. The number of aromatic nitrogens is 2. The second-order valence-corrected chi connectivity index (χ2v) is 3.61. The Bertz CT molecular complexity index is 516. The highest BCUT2D eigenvalue weighted by atomic mass is 15.0. The summed E-state index contributed by atoms with van der Waals surface area (Å²) in [6.45, 7) is 0.749. The van der Waals surface area contributed by atoms with Crippen LogP contribution in [0.5, 0.6) is 0 Å². The van der Waals surface area contributed by atoms with Crippen molar-refractivity contribution in [2.45, 2.75) is 19.3 Å². The molecule has 0 saturated heterocycles. The third-order valence-corrected chi connectivity index (χ3v) is 2.40. The lowest BCUT2D eigenvalue weighted by molar-refractivity contribution is 0.767. The molecule has 0 radical (unpaired) electrons. The number of imidazole rings is 1. The zero-order valence-electron chi connectivity index (χ0n) is 9.19. The van der Waals surface area contributed by atoms with E-state index >= 15 is 0 Å². The van der Waals surface area contributed by atoms with Crippen LogP contribution in [-0.4, -0.2) is 15.9 Å². The zero-order chi connectivity index (χ0) is 11.2. The molecule has 0 saturated carbocycles. The third-order valence-electron chi connectivity index (χ3n) is 2.40. The van der Waals surface area contributed by atoms with Crippen LogP contribution in [-0.2, 0) is 0 Å². The fraction of sp³-hybridized carbons (Fsp3) is 0.308. The second-order valence-electron chi connectivity index (χ2n) is 3.61. The van der Waals surface area contributed by atoms with Crippen LogP contribution in [0, 0.1) is 11.8 Å². The Morgan fingerprint density at radius 2 is 2.25 bits per heavy atom. The summed E-state index contributed by atoms with van der Waals surface area (Å²) in [4.78, 5) is 4.22. The first-order valence-corrected chi connectivity index (χ1v) is 5.53.